The molecule has 228 valence electrons. The van der Waals surface area contributed by atoms with E-state index < -0.39 is 35.1 Å². The minimum Gasteiger partial charge on any atom is -0.481 e. The summed E-state index contributed by atoms with van der Waals surface area (Å²) in [5.41, 5.74) is 9.00. The van der Waals surface area contributed by atoms with Crippen LogP contribution in [0.1, 0.15) is 88.7 Å². The van der Waals surface area contributed by atoms with Crippen LogP contribution in [0.2, 0.25) is 0 Å². The van der Waals surface area contributed by atoms with Crippen LogP contribution in [0.25, 0.3) is 0 Å². The highest BCUT2D eigenvalue weighted by Gasteiger charge is 2.54. The van der Waals surface area contributed by atoms with Crippen molar-refractivity contribution in [2.45, 2.75) is 83.8 Å². The Labute approximate surface area is 239 Å². The number of amidine groups is 1. The topological polar surface area (TPSA) is 239 Å². The lowest BCUT2D eigenvalue weighted by molar-refractivity contribution is -0.161. The minimum absolute atomic E-state index is 0.00766. The highest BCUT2D eigenvalue weighted by atomic mass is 16.6. The highest BCUT2D eigenvalue weighted by Crippen LogP contribution is 2.43. The van der Waals surface area contributed by atoms with Gasteiger partial charge in [0.25, 0.3) is 5.97 Å². The molecule has 1 saturated heterocycles. The molecule has 1 aliphatic heterocycles. The molecular formula is C27H42N6O8. The Kier molecular flexibility index (Phi) is 13.2. The number of hydrogen-bond acceptors (Lipinski definition) is 8. The Morgan fingerprint density at radius 3 is 2.12 bits per heavy atom. The van der Waals surface area contributed by atoms with Gasteiger partial charge >= 0.3 is 12.1 Å². The van der Waals surface area contributed by atoms with Crippen molar-refractivity contribution in [1.82, 2.24) is 15.2 Å². The van der Waals surface area contributed by atoms with Gasteiger partial charge in [-0.2, -0.15) is 0 Å². The van der Waals surface area contributed by atoms with Gasteiger partial charge in [-0.3, -0.25) is 24.8 Å². The van der Waals surface area contributed by atoms with E-state index in [0.717, 1.165) is 39.0 Å². The number of likely N-dealkylation sites (tertiary alicyclic amines) is 1. The largest absolute Gasteiger partial charge is 0.481 e. The first-order valence-corrected chi connectivity index (χ1v) is 13.3. The molecule has 1 aromatic rings. The number of alkyl carbamates (subject to hydrolysis) is 1. The second kappa shape index (κ2) is 15.5. The molecule has 1 aromatic heterocycles. The van der Waals surface area contributed by atoms with Gasteiger partial charge in [0.2, 0.25) is 11.8 Å². The number of nitrogens with two attached hydrogens (primary N) is 2. The van der Waals surface area contributed by atoms with Gasteiger partial charge in [-0.25, -0.2) is 9.59 Å². The van der Waals surface area contributed by atoms with E-state index in [-0.39, 0.29) is 24.2 Å². The third-order valence-corrected chi connectivity index (χ3v) is 6.48. The predicted octanol–water partition coefficient (Wildman–Crippen LogP) is 2.09. The molecular weight excluding hydrogens is 536 g/mol. The van der Waals surface area contributed by atoms with E-state index in [1.54, 1.807) is 20.8 Å². The van der Waals surface area contributed by atoms with Gasteiger partial charge in [-0.15, -0.1) is 0 Å². The van der Waals surface area contributed by atoms with Crippen LogP contribution in [0.5, 0.6) is 0 Å². The smallest absolute Gasteiger partial charge is 0.408 e. The second-order valence-electron chi connectivity index (χ2n) is 10.8. The zero-order chi connectivity index (χ0) is 31.4. The van der Waals surface area contributed by atoms with Gasteiger partial charge in [0.1, 0.15) is 29.2 Å². The summed E-state index contributed by atoms with van der Waals surface area (Å²) >= 11 is 0. The molecule has 1 saturated carbocycles. The quantitative estimate of drug-likeness (QED) is 0.212. The average Bonchev–Trinajstić information content (AvgIpc) is 3.33. The number of ether oxygens (including phenoxy) is 1. The Morgan fingerprint density at radius 1 is 1.10 bits per heavy atom. The van der Waals surface area contributed by atoms with Gasteiger partial charge in [-0.05, 0) is 64.5 Å². The molecule has 1 aliphatic carbocycles. The van der Waals surface area contributed by atoms with E-state index in [4.69, 9.17) is 31.5 Å². The van der Waals surface area contributed by atoms with Gasteiger partial charge in [-0.1, -0.05) is 19.3 Å². The summed E-state index contributed by atoms with van der Waals surface area (Å²) in [6.45, 7) is 6.50. The van der Waals surface area contributed by atoms with Crippen molar-refractivity contribution in [1.29, 1.82) is 5.41 Å². The normalized spacial score (nSPS) is 18.5. The maximum absolute atomic E-state index is 12.7. The van der Waals surface area contributed by atoms with Crippen molar-refractivity contribution in [2.24, 2.45) is 17.4 Å². The van der Waals surface area contributed by atoms with Crippen LogP contribution in [-0.4, -0.2) is 80.0 Å². The fourth-order valence-corrected chi connectivity index (χ4v) is 4.85. The molecule has 14 heteroatoms. The number of aliphatic carboxylic acids is 2. The van der Waals surface area contributed by atoms with Crippen molar-refractivity contribution in [3.63, 3.8) is 0 Å². The number of carbonyl (C=O) groups excluding carboxylic acids is 3. The summed E-state index contributed by atoms with van der Waals surface area (Å²) in [6.07, 6.45) is 6.63. The molecule has 41 heavy (non-hydrogen) atoms. The van der Waals surface area contributed by atoms with Crippen molar-refractivity contribution in [2.75, 3.05) is 13.1 Å². The molecule has 0 bridgehead atoms. The van der Waals surface area contributed by atoms with Gasteiger partial charge in [0, 0.05) is 19.7 Å². The summed E-state index contributed by atoms with van der Waals surface area (Å²) in [6, 6.07) is 2.95. The Bertz CT molecular complexity index is 1060. The number of nitrogens with one attached hydrogen (secondary N) is 2. The zero-order valence-corrected chi connectivity index (χ0v) is 24.1. The molecule has 1 atom stereocenters. The van der Waals surface area contributed by atoms with Gasteiger partial charge in [0.05, 0.1) is 5.56 Å². The number of nitrogens with zero attached hydrogens (tertiary/aromatic N) is 2. The Hall–Kier alpha value is -4.23. The van der Waals surface area contributed by atoms with Crippen molar-refractivity contribution < 1.29 is 38.9 Å². The fourth-order valence-electron chi connectivity index (χ4n) is 4.85. The first-order chi connectivity index (χ1) is 19.0. The molecule has 0 radical (unpaired) electrons. The highest BCUT2D eigenvalue weighted by molar-refractivity contribution is 5.95. The number of primary amides is 1. The summed E-state index contributed by atoms with van der Waals surface area (Å²) < 4.78 is 5.13. The number of nitrogen functional groups attached to an aromatic ring is 1. The average molecular weight is 579 g/mol. The Morgan fingerprint density at radius 2 is 1.68 bits per heavy atom. The number of pyridine rings is 1. The molecule has 3 rings (SSSR count). The number of rotatable bonds is 6. The number of carboxylic acid groups (broad SMARTS) is 2. The molecule has 0 unspecified atom stereocenters. The van der Waals surface area contributed by atoms with E-state index in [1.165, 1.54) is 23.2 Å². The van der Waals surface area contributed by atoms with Crippen molar-refractivity contribution >= 4 is 35.7 Å². The number of hydrogen-bond donors (Lipinski definition) is 6. The van der Waals surface area contributed by atoms with Gasteiger partial charge in [0.15, 0.2) is 0 Å². The minimum atomic E-state index is -1.12. The lowest BCUT2D eigenvalue weighted by atomic mass is 9.73. The monoisotopic (exact) mass is 578 g/mol. The molecule has 14 nitrogen and oxygen atoms in total. The third-order valence-electron chi connectivity index (χ3n) is 6.48. The summed E-state index contributed by atoms with van der Waals surface area (Å²) in [5.74, 6) is -2.78. The second-order valence-corrected chi connectivity index (χ2v) is 10.8. The summed E-state index contributed by atoms with van der Waals surface area (Å²) in [5, 5.41) is 26.8. The lowest BCUT2D eigenvalue weighted by Crippen LogP contribution is -2.59. The Balaban J connectivity index is 0.000000435. The van der Waals surface area contributed by atoms with E-state index in [9.17, 15) is 24.3 Å². The van der Waals surface area contributed by atoms with Crippen LogP contribution in [0.3, 0.4) is 0 Å². The third kappa shape index (κ3) is 11.0. The first kappa shape index (κ1) is 34.8. The molecule has 3 amide bonds. The zero-order valence-electron chi connectivity index (χ0n) is 24.1. The predicted molar refractivity (Wildman–Crippen MR) is 149 cm³/mol. The molecule has 2 aliphatic rings. The number of aromatic nitrogens is 1. The van der Waals surface area contributed by atoms with Crippen LogP contribution >= 0.6 is 0 Å². The number of amides is 3. The molecule has 2 fully saturated rings. The molecule has 0 spiro atoms. The fraction of sp³-hybridized carbons (Fsp3) is 0.593. The van der Waals surface area contributed by atoms with Gasteiger partial charge < -0.3 is 36.6 Å². The van der Waals surface area contributed by atoms with E-state index in [1.807, 2.05) is 0 Å². The standard InChI is InChI=1S/C18H30N2O5.C7H8N4O.C2H4O2/c1-17(2,3)25-16(24)19-12-14(21)20-11-7-10-18(20,15(22)23)13-8-5-4-6-9-13;8-6(9)5-2-1-4(3-11-5)7(10)12;1-2(3)4/h13H,4-12H2,1-3H3,(H,19,24)(H,22,23);1-3H,(H3,8,9)(H2,10,12);1H3,(H,3,4)/t18-;;/m1../s1. The van der Waals surface area contributed by atoms with Crippen molar-refractivity contribution in [3.05, 3.63) is 29.6 Å². The summed E-state index contributed by atoms with van der Waals surface area (Å²) in [7, 11) is 0. The SMILES string of the molecule is CC(=O)O.CC(C)(C)OC(=O)NCC(=O)N1CCC[C@]1(C(=O)O)C1CCCCC1.N=C(N)c1ccc(C(N)=O)cn1. The van der Waals surface area contributed by atoms with E-state index >= 15 is 0 Å². The number of carbonyl (C=O) groups is 5. The van der Waals surface area contributed by atoms with E-state index in [2.05, 4.69) is 10.3 Å². The van der Waals surface area contributed by atoms with Crippen molar-refractivity contribution in [3.8, 4) is 0 Å². The van der Waals surface area contributed by atoms with Crippen LogP contribution in [0.4, 0.5) is 4.79 Å². The first-order valence-electron chi connectivity index (χ1n) is 13.3. The molecule has 0 aromatic carbocycles. The molecule has 2 heterocycles. The number of carboxylic acids is 2. The van der Waals surface area contributed by atoms with E-state index in [0.29, 0.717) is 30.6 Å². The van der Waals surface area contributed by atoms with Crippen LogP contribution < -0.4 is 16.8 Å². The summed E-state index contributed by atoms with van der Waals surface area (Å²) in [4.78, 5) is 61.4. The molecule has 8 N–H and O–H groups in total. The maximum atomic E-state index is 12.7. The lowest BCUT2D eigenvalue weighted by Gasteiger charge is -2.42. The van der Waals surface area contributed by atoms with Crippen LogP contribution in [0, 0.1) is 11.3 Å². The van der Waals surface area contributed by atoms with Crippen LogP contribution in [0.15, 0.2) is 18.3 Å². The maximum Gasteiger partial charge on any atom is 0.408 e. The van der Waals surface area contributed by atoms with Crippen LogP contribution in [-0.2, 0) is 19.1 Å².